The van der Waals surface area contributed by atoms with Crippen molar-refractivity contribution in [1.82, 2.24) is 15.8 Å². The minimum atomic E-state index is -4.62. The minimum Gasteiger partial charge on any atom is -0.467 e. The third-order valence-corrected chi connectivity index (χ3v) is 3.00. The van der Waals surface area contributed by atoms with Crippen LogP contribution in [-0.4, -0.2) is 34.5 Å². The lowest BCUT2D eigenvalue weighted by atomic mass is 10.2. The minimum absolute atomic E-state index is 0.107. The van der Waals surface area contributed by atoms with E-state index >= 15 is 0 Å². The van der Waals surface area contributed by atoms with Gasteiger partial charge < -0.3 is 4.74 Å². The first-order valence-corrected chi connectivity index (χ1v) is 7.17. The van der Waals surface area contributed by atoms with Crippen LogP contribution in [0.5, 0.6) is 5.88 Å². The van der Waals surface area contributed by atoms with Crippen molar-refractivity contribution in [2.75, 3.05) is 6.61 Å². The molecule has 0 saturated heterocycles. The molecule has 0 aliphatic heterocycles. The number of halogens is 3. The Morgan fingerprint density at radius 1 is 1.15 bits per heavy atom. The first-order chi connectivity index (χ1) is 12.7. The Morgan fingerprint density at radius 2 is 1.85 bits per heavy atom. The lowest BCUT2D eigenvalue weighted by Crippen LogP contribution is -2.41. The molecule has 0 fully saturated rings. The average Bonchev–Trinajstić information content (AvgIpc) is 2.63. The molecule has 1 aromatic carbocycles. The van der Waals surface area contributed by atoms with E-state index in [1.54, 1.807) is 0 Å². The van der Waals surface area contributed by atoms with Crippen molar-refractivity contribution >= 4 is 17.5 Å². The van der Waals surface area contributed by atoms with Crippen molar-refractivity contribution in [2.45, 2.75) is 6.18 Å². The van der Waals surface area contributed by atoms with Gasteiger partial charge in [-0.2, -0.15) is 13.2 Å². The molecule has 2 rings (SSSR count). The number of rotatable bonds is 5. The maximum absolute atomic E-state index is 12.2. The van der Waals surface area contributed by atoms with E-state index in [0.717, 1.165) is 18.3 Å². The fourth-order valence-corrected chi connectivity index (χ4v) is 1.84. The monoisotopic (exact) mass is 384 g/mol. The topological polar surface area (TPSA) is 123 Å². The van der Waals surface area contributed by atoms with E-state index in [2.05, 4.69) is 9.72 Å². The molecule has 0 saturated carbocycles. The Hall–Kier alpha value is -3.70. The van der Waals surface area contributed by atoms with E-state index < -0.39 is 35.4 Å². The number of pyridine rings is 1. The summed E-state index contributed by atoms with van der Waals surface area (Å²) in [4.78, 5) is 37.6. The summed E-state index contributed by atoms with van der Waals surface area (Å²) in [5.41, 5.74) is 3.19. The van der Waals surface area contributed by atoms with Crippen molar-refractivity contribution in [3.8, 4) is 5.88 Å². The predicted octanol–water partition coefficient (Wildman–Crippen LogP) is 2.01. The third-order valence-electron chi connectivity index (χ3n) is 3.00. The van der Waals surface area contributed by atoms with Gasteiger partial charge in [-0.3, -0.25) is 30.6 Å². The van der Waals surface area contributed by atoms with E-state index in [-0.39, 0.29) is 16.8 Å². The quantitative estimate of drug-likeness (QED) is 0.600. The van der Waals surface area contributed by atoms with Crippen LogP contribution in [0.15, 0.2) is 42.6 Å². The number of aromatic nitrogens is 1. The zero-order chi connectivity index (χ0) is 20.0. The highest BCUT2D eigenvalue weighted by molar-refractivity contribution is 6.00. The van der Waals surface area contributed by atoms with Gasteiger partial charge in [0.25, 0.3) is 17.5 Å². The Morgan fingerprint density at radius 3 is 2.52 bits per heavy atom. The van der Waals surface area contributed by atoms with Crippen LogP contribution in [-0.2, 0) is 0 Å². The number of hydrogen-bond donors (Lipinski definition) is 2. The van der Waals surface area contributed by atoms with Crippen LogP contribution in [0.2, 0.25) is 0 Å². The van der Waals surface area contributed by atoms with E-state index in [1.165, 1.54) is 24.3 Å². The van der Waals surface area contributed by atoms with E-state index in [0.29, 0.717) is 0 Å². The molecule has 2 aromatic rings. The summed E-state index contributed by atoms with van der Waals surface area (Å²) in [6.07, 6.45) is -3.49. The van der Waals surface area contributed by atoms with Crippen molar-refractivity contribution in [3.63, 3.8) is 0 Å². The Labute approximate surface area is 149 Å². The maximum atomic E-state index is 12.2. The highest BCUT2D eigenvalue weighted by Gasteiger charge is 2.29. The first-order valence-electron chi connectivity index (χ1n) is 7.17. The van der Waals surface area contributed by atoms with E-state index in [1.807, 2.05) is 10.9 Å². The Bertz CT molecular complexity index is 873. The van der Waals surface area contributed by atoms with Gasteiger partial charge in [-0.05, 0) is 18.2 Å². The summed E-state index contributed by atoms with van der Waals surface area (Å²) in [7, 11) is 0. The smallest absolute Gasteiger partial charge is 0.422 e. The van der Waals surface area contributed by atoms with Gasteiger partial charge in [0.1, 0.15) is 5.56 Å². The van der Waals surface area contributed by atoms with E-state index in [9.17, 15) is 32.9 Å². The van der Waals surface area contributed by atoms with Gasteiger partial charge in [0.15, 0.2) is 6.61 Å². The molecular weight excluding hydrogens is 373 g/mol. The average molecular weight is 384 g/mol. The number of nitro benzene ring substituents is 1. The molecule has 2 N–H and O–H groups in total. The van der Waals surface area contributed by atoms with Crippen molar-refractivity contribution in [2.24, 2.45) is 0 Å². The standard InChI is InChI=1S/C15H11F3N4O5/c16-15(17,18)8-27-14-11(5-2-6-19-14)13(24)21-20-12(23)9-3-1-4-10(7-9)22(25)26/h1-7H,8H2,(H,20,23)(H,21,24). The molecule has 0 unspecified atom stereocenters. The highest BCUT2D eigenvalue weighted by atomic mass is 19.4. The number of benzene rings is 1. The SMILES string of the molecule is O=C(NNC(=O)c1cccnc1OCC(F)(F)F)c1cccc([N+](=O)[O-])c1. The number of ether oxygens (including phenoxy) is 1. The lowest BCUT2D eigenvalue weighted by Gasteiger charge is -2.12. The summed E-state index contributed by atoms with van der Waals surface area (Å²) in [6.45, 7) is -1.65. The number of non-ortho nitro benzene ring substituents is 1. The third kappa shape index (κ3) is 5.66. The van der Waals surface area contributed by atoms with Crippen LogP contribution < -0.4 is 15.6 Å². The van der Waals surface area contributed by atoms with Crippen LogP contribution >= 0.6 is 0 Å². The molecule has 0 atom stereocenters. The normalized spacial score (nSPS) is 10.8. The molecule has 27 heavy (non-hydrogen) atoms. The van der Waals surface area contributed by atoms with Crippen LogP contribution in [0.1, 0.15) is 20.7 Å². The van der Waals surface area contributed by atoms with Gasteiger partial charge >= 0.3 is 6.18 Å². The van der Waals surface area contributed by atoms with Crippen molar-refractivity contribution in [1.29, 1.82) is 0 Å². The summed E-state index contributed by atoms with van der Waals surface area (Å²) in [5, 5.41) is 10.7. The molecule has 1 aromatic heterocycles. The largest absolute Gasteiger partial charge is 0.467 e. The number of alkyl halides is 3. The van der Waals surface area contributed by atoms with Crippen LogP contribution in [0, 0.1) is 10.1 Å². The number of hydrazine groups is 1. The number of nitrogens with one attached hydrogen (secondary N) is 2. The first kappa shape index (κ1) is 19.6. The number of carbonyl (C=O) groups excluding carboxylic acids is 2. The second kappa shape index (κ2) is 8.12. The zero-order valence-corrected chi connectivity index (χ0v) is 13.3. The Balaban J connectivity index is 2.04. The molecule has 0 aliphatic rings. The van der Waals surface area contributed by atoms with Gasteiger partial charge in [0.2, 0.25) is 5.88 Å². The number of nitrogens with zero attached hydrogens (tertiary/aromatic N) is 2. The fourth-order valence-electron chi connectivity index (χ4n) is 1.84. The number of nitro groups is 1. The van der Waals surface area contributed by atoms with Gasteiger partial charge in [0, 0.05) is 23.9 Å². The van der Waals surface area contributed by atoms with Gasteiger partial charge in [-0.1, -0.05) is 6.07 Å². The summed E-state index contributed by atoms with van der Waals surface area (Å²) in [5.74, 6) is -2.43. The molecule has 9 nitrogen and oxygen atoms in total. The molecule has 0 bridgehead atoms. The molecule has 0 radical (unpaired) electrons. The van der Waals surface area contributed by atoms with Crippen LogP contribution in [0.3, 0.4) is 0 Å². The molecule has 142 valence electrons. The van der Waals surface area contributed by atoms with Gasteiger partial charge in [-0.25, -0.2) is 4.98 Å². The number of hydrogen-bond acceptors (Lipinski definition) is 6. The molecule has 0 spiro atoms. The molecule has 2 amide bonds. The summed E-state index contributed by atoms with van der Waals surface area (Å²) < 4.78 is 41.2. The second-order valence-corrected chi connectivity index (χ2v) is 4.98. The molecule has 0 aliphatic carbocycles. The number of amides is 2. The fraction of sp³-hybridized carbons (Fsp3) is 0.133. The van der Waals surface area contributed by atoms with Gasteiger partial charge in [-0.15, -0.1) is 0 Å². The van der Waals surface area contributed by atoms with Crippen LogP contribution in [0.4, 0.5) is 18.9 Å². The van der Waals surface area contributed by atoms with E-state index in [4.69, 9.17) is 0 Å². The Kier molecular flexibility index (Phi) is 5.90. The second-order valence-electron chi connectivity index (χ2n) is 4.98. The van der Waals surface area contributed by atoms with Crippen LogP contribution in [0.25, 0.3) is 0 Å². The highest BCUT2D eigenvalue weighted by Crippen LogP contribution is 2.20. The lowest BCUT2D eigenvalue weighted by molar-refractivity contribution is -0.384. The summed E-state index contributed by atoms with van der Waals surface area (Å²) >= 11 is 0. The molecule has 12 heteroatoms. The number of carbonyl (C=O) groups is 2. The molecular formula is C15H11F3N4O5. The van der Waals surface area contributed by atoms with Crippen molar-refractivity contribution in [3.05, 3.63) is 63.8 Å². The van der Waals surface area contributed by atoms with Crippen molar-refractivity contribution < 1.29 is 32.4 Å². The zero-order valence-electron chi connectivity index (χ0n) is 13.3. The van der Waals surface area contributed by atoms with Gasteiger partial charge in [0.05, 0.1) is 4.92 Å². The maximum Gasteiger partial charge on any atom is 0.422 e. The predicted molar refractivity (Wildman–Crippen MR) is 83.8 cm³/mol. The summed E-state index contributed by atoms with van der Waals surface area (Å²) in [6, 6.07) is 7.15. The molecule has 1 heterocycles.